The van der Waals surface area contributed by atoms with Gasteiger partial charge in [-0.25, -0.2) is 9.18 Å². The van der Waals surface area contributed by atoms with Crippen molar-refractivity contribution in [1.82, 2.24) is 15.4 Å². The molecule has 2 aliphatic heterocycles. The molecule has 0 spiro atoms. The van der Waals surface area contributed by atoms with Gasteiger partial charge in [0.05, 0.1) is 5.69 Å². The summed E-state index contributed by atoms with van der Waals surface area (Å²) in [6.07, 6.45) is 3.96. The summed E-state index contributed by atoms with van der Waals surface area (Å²) in [7, 11) is 0. The van der Waals surface area contributed by atoms with Crippen LogP contribution in [0.5, 0.6) is 0 Å². The van der Waals surface area contributed by atoms with Gasteiger partial charge < -0.3 is 14.7 Å². The van der Waals surface area contributed by atoms with Crippen molar-refractivity contribution in [1.29, 1.82) is 0 Å². The first kappa shape index (κ1) is 16.7. The number of aromatic nitrogens is 1. The first-order valence-corrected chi connectivity index (χ1v) is 10.0. The highest BCUT2D eigenvalue weighted by atomic mass is 32.2. The number of fused-ring (bicyclic) bond motifs is 1. The highest BCUT2D eigenvalue weighted by Crippen LogP contribution is 2.32. The second-order valence-electron chi connectivity index (χ2n) is 6.83. The molecular weight excluding hydrogens is 341 g/mol. The van der Waals surface area contributed by atoms with E-state index in [-0.39, 0.29) is 17.8 Å². The molecule has 2 amide bonds. The van der Waals surface area contributed by atoms with Gasteiger partial charge in [0, 0.05) is 42.3 Å². The zero-order chi connectivity index (χ0) is 17.2. The lowest BCUT2D eigenvalue weighted by atomic mass is 9.92. The molecule has 0 bridgehead atoms. The Morgan fingerprint density at radius 3 is 2.92 bits per heavy atom. The van der Waals surface area contributed by atoms with E-state index in [9.17, 15) is 9.18 Å². The second kappa shape index (κ2) is 7.23. The van der Waals surface area contributed by atoms with E-state index in [1.807, 2.05) is 16.7 Å². The number of rotatable bonds is 2. The zero-order valence-electron chi connectivity index (χ0n) is 14.0. The average Bonchev–Trinajstić information content (AvgIpc) is 3.05. The third-order valence-corrected chi connectivity index (χ3v) is 6.33. The monoisotopic (exact) mass is 363 g/mol. The van der Waals surface area contributed by atoms with Gasteiger partial charge in [0.1, 0.15) is 5.82 Å². The van der Waals surface area contributed by atoms with Gasteiger partial charge in [-0.1, -0.05) is 5.16 Å². The van der Waals surface area contributed by atoms with Crippen molar-refractivity contribution in [2.45, 2.75) is 37.6 Å². The molecule has 0 saturated carbocycles. The molecule has 2 aliphatic rings. The summed E-state index contributed by atoms with van der Waals surface area (Å²) < 4.78 is 18.6. The lowest BCUT2D eigenvalue weighted by molar-refractivity contribution is 0.177. The van der Waals surface area contributed by atoms with Crippen LogP contribution in [0.4, 0.5) is 9.18 Å². The van der Waals surface area contributed by atoms with Crippen molar-refractivity contribution >= 4 is 28.8 Å². The molecule has 1 unspecified atom stereocenters. The molecule has 1 N–H and O–H groups in total. The highest BCUT2D eigenvalue weighted by Gasteiger charge is 2.28. The standard InChI is InChI=1S/C18H22FN3O2S/c19-13-3-4-15-16(10-13)24-21-17(15)12-5-7-22(8-6-12)18(23)20-14-2-1-9-25-11-14/h3-4,10,12,14H,1-2,5-9,11H2,(H,20,23). The fourth-order valence-electron chi connectivity index (χ4n) is 3.70. The smallest absolute Gasteiger partial charge is 0.317 e. The minimum absolute atomic E-state index is 0.0537. The van der Waals surface area contributed by atoms with Gasteiger partial charge in [-0.15, -0.1) is 0 Å². The molecule has 2 saturated heterocycles. The van der Waals surface area contributed by atoms with E-state index in [4.69, 9.17) is 4.52 Å². The lowest BCUT2D eigenvalue weighted by Crippen LogP contribution is -2.49. The molecule has 1 aromatic heterocycles. The molecule has 0 radical (unpaired) electrons. The number of thioether (sulfide) groups is 1. The molecule has 4 rings (SSSR count). The number of amides is 2. The fourth-order valence-corrected chi connectivity index (χ4v) is 4.77. The van der Waals surface area contributed by atoms with Crippen LogP contribution < -0.4 is 5.32 Å². The molecule has 0 aliphatic carbocycles. The number of halogens is 1. The van der Waals surface area contributed by atoms with Gasteiger partial charge in [0.15, 0.2) is 5.58 Å². The number of carbonyl (C=O) groups excluding carboxylic acids is 1. The maximum Gasteiger partial charge on any atom is 0.317 e. The number of piperidine rings is 1. The van der Waals surface area contributed by atoms with Gasteiger partial charge in [0.2, 0.25) is 0 Å². The molecule has 2 fully saturated rings. The van der Waals surface area contributed by atoms with Crippen molar-refractivity contribution in [3.8, 4) is 0 Å². The number of hydrogen-bond donors (Lipinski definition) is 1. The van der Waals surface area contributed by atoms with Crippen LogP contribution in [0, 0.1) is 5.82 Å². The van der Waals surface area contributed by atoms with E-state index in [1.165, 1.54) is 24.3 Å². The normalized spacial score (nSPS) is 22.3. The Balaban J connectivity index is 1.36. The van der Waals surface area contributed by atoms with Crippen molar-refractivity contribution in [3.63, 3.8) is 0 Å². The Bertz CT molecular complexity index is 752. The Labute approximate surface area is 150 Å². The summed E-state index contributed by atoms with van der Waals surface area (Å²) in [5.41, 5.74) is 1.38. The van der Waals surface area contributed by atoms with Crippen molar-refractivity contribution in [2.75, 3.05) is 24.6 Å². The van der Waals surface area contributed by atoms with Gasteiger partial charge in [-0.3, -0.25) is 0 Å². The first-order valence-electron chi connectivity index (χ1n) is 8.89. The number of carbonyl (C=O) groups is 1. The van der Waals surface area contributed by atoms with Gasteiger partial charge in [0.25, 0.3) is 0 Å². The minimum Gasteiger partial charge on any atom is -0.356 e. The summed E-state index contributed by atoms with van der Waals surface area (Å²) in [6, 6.07) is 4.90. The molecular formula is C18H22FN3O2S. The molecule has 1 aromatic carbocycles. The summed E-state index contributed by atoms with van der Waals surface area (Å²) in [6.45, 7) is 1.43. The predicted octanol–water partition coefficient (Wildman–Crippen LogP) is 3.75. The highest BCUT2D eigenvalue weighted by molar-refractivity contribution is 7.99. The molecule has 7 heteroatoms. The molecule has 3 heterocycles. The summed E-state index contributed by atoms with van der Waals surface area (Å²) in [5, 5.41) is 8.20. The minimum atomic E-state index is -0.317. The summed E-state index contributed by atoms with van der Waals surface area (Å²) in [5.74, 6) is 2.15. The molecule has 134 valence electrons. The fraction of sp³-hybridized carbons (Fsp3) is 0.556. The quantitative estimate of drug-likeness (QED) is 0.883. The van der Waals surface area contributed by atoms with Crippen molar-refractivity contribution < 1.29 is 13.7 Å². The van der Waals surface area contributed by atoms with E-state index in [0.29, 0.717) is 24.7 Å². The van der Waals surface area contributed by atoms with Crippen LogP contribution >= 0.6 is 11.8 Å². The average molecular weight is 363 g/mol. The number of urea groups is 1. The Morgan fingerprint density at radius 2 is 2.16 bits per heavy atom. The molecule has 1 atom stereocenters. The summed E-state index contributed by atoms with van der Waals surface area (Å²) >= 11 is 1.91. The van der Waals surface area contributed by atoms with E-state index < -0.39 is 0 Å². The van der Waals surface area contributed by atoms with Crippen LogP contribution in [-0.2, 0) is 0 Å². The first-order chi connectivity index (χ1) is 12.2. The number of likely N-dealkylation sites (tertiary alicyclic amines) is 1. The summed E-state index contributed by atoms with van der Waals surface area (Å²) in [4.78, 5) is 14.3. The van der Waals surface area contributed by atoms with Crippen molar-refractivity contribution in [3.05, 3.63) is 29.7 Å². The van der Waals surface area contributed by atoms with Crippen LogP contribution in [0.25, 0.3) is 11.0 Å². The second-order valence-corrected chi connectivity index (χ2v) is 7.98. The Hall–Kier alpha value is -1.76. The topological polar surface area (TPSA) is 58.4 Å². The number of benzene rings is 1. The van der Waals surface area contributed by atoms with Crippen LogP contribution in [0.2, 0.25) is 0 Å². The van der Waals surface area contributed by atoms with Gasteiger partial charge >= 0.3 is 6.03 Å². The number of nitrogens with one attached hydrogen (secondary N) is 1. The Morgan fingerprint density at radius 1 is 1.32 bits per heavy atom. The van der Waals surface area contributed by atoms with E-state index in [0.717, 1.165) is 36.1 Å². The largest absolute Gasteiger partial charge is 0.356 e. The lowest BCUT2D eigenvalue weighted by Gasteiger charge is -2.33. The maximum atomic E-state index is 13.3. The van der Waals surface area contributed by atoms with Gasteiger partial charge in [-0.05, 0) is 43.6 Å². The van der Waals surface area contributed by atoms with Crippen LogP contribution in [-0.4, -0.2) is 46.7 Å². The third kappa shape index (κ3) is 3.61. The third-order valence-electron chi connectivity index (χ3n) is 5.12. The van der Waals surface area contributed by atoms with E-state index in [2.05, 4.69) is 10.5 Å². The van der Waals surface area contributed by atoms with E-state index in [1.54, 1.807) is 6.07 Å². The van der Waals surface area contributed by atoms with Gasteiger partial charge in [-0.2, -0.15) is 11.8 Å². The molecule has 5 nitrogen and oxygen atoms in total. The van der Waals surface area contributed by atoms with Crippen LogP contribution in [0.15, 0.2) is 22.7 Å². The number of hydrogen-bond acceptors (Lipinski definition) is 4. The molecule has 2 aromatic rings. The van der Waals surface area contributed by atoms with Crippen LogP contribution in [0.3, 0.4) is 0 Å². The predicted molar refractivity (Wildman–Crippen MR) is 96.4 cm³/mol. The number of nitrogens with zero attached hydrogens (tertiary/aromatic N) is 2. The van der Waals surface area contributed by atoms with Crippen LogP contribution in [0.1, 0.15) is 37.3 Å². The zero-order valence-corrected chi connectivity index (χ0v) is 14.9. The van der Waals surface area contributed by atoms with Crippen molar-refractivity contribution in [2.24, 2.45) is 0 Å². The SMILES string of the molecule is O=C(NC1CCCSC1)N1CCC(c2noc3cc(F)ccc23)CC1. The molecule has 25 heavy (non-hydrogen) atoms. The van der Waals surface area contributed by atoms with E-state index >= 15 is 0 Å². The maximum absolute atomic E-state index is 13.3. The Kier molecular flexibility index (Phi) is 4.83.